The lowest BCUT2D eigenvalue weighted by molar-refractivity contribution is -0.114. The van der Waals surface area contributed by atoms with E-state index in [1.54, 1.807) is 18.2 Å². The summed E-state index contributed by atoms with van der Waals surface area (Å²) in [4.78, 5) is 24.9. The van der Waals surface area contributed by atoms with Gasteiger partial charge in [0.05, 0.1) is 6.10 Å². The van der Waals surface area contributed by atoms with Crippen LogP contribution < -0.4 is 5.32 Å². The van der Waals surface area contributed by atoms with Crippen LogP contribution in [0.1, 0.15) is 47.7 Å². The predicted octanol–water partition coefficient (Wildman–Crippen LogP) is 3.88. The monoisotopic (exact) mass is 459 g/mol. The molecule has 0 aliphatic carbocycles. The van der Waals surface area contributed by atoms with Gasteiger partial charge in [-0.25, -0.2) is 4.79 Å². The third-order valence-corrected chi connectivity index (χ3v) is 5.61. The minimum Gasteiger partial charge on any atom is -0.507 e. The number of ether oxygens (including phenoxy) is 1. The summed E-state index contributed by atoms with van der Waals surface area (Å²) in [5.41, 5.74) is 1.55. The fraction of sp³-hybridized carbons (Fsp3) is 0.286. The molecular weight excluding hydrogens is 430 g/mol. The molecule has 34 heavy (non-hydrogen) atoms. The number of aromatic hydroxyl groups is 1. The summed E-state index contributed by atoms with van der Waals surface area (Å²) in [5, 5.41) is 23.4. The molecular formula is C28H29NO5. The van der Waals surface area contributed by atoms with Crippen molar-refractivity contribution in [3.63, 3.8) is 0 Å². The lowest BCUT2D eigenvalue weighted by Gasteiger charge is -2.24. The molecule has 6 nitrogen and oxygen atoms in total. The van der Waals surface area contributed by atoms with Gasteiger partial charge in [0.1, 0.15) is 17.4 Å². The number of nitrogens with one attached hydrogen (secondary N) is 1. The number of amides is 1. The minimum absolute atomic E-state index is 0.0162. The van der Waals surface area contributed by atoms with E-state index in [-0.39, 0.29) is 30.1 Å². The summed E-state index contributed by atoms with van der Waals surface area (Å²) in [6, 6.07) is 14.1. The number of carbonyl (C=O) groups is 2. The Bertz CT molecular complexity index is 1110. The highest BCUT2D eigenvalue weighted by molar-refractivity contribution is 5.95. The first-order valence-electron chi connectivity index (χ1n) is 11.3. The zero-order valence-electron chi connectivity index (χ0n) is 19.1. The molecule has 176 valence electrons. The molecule has 3 N–H and O–H groups in total. The van der Waals surface area contributed by atoms with Crippen molar-refractivity contribution >= 4 is 11.9 Å². The number of esters is 1. The van der Waals surface area contributed by atoms with Gasteiger partial charge in [-0.05, 0) is 42.5 Å². The molecule has 0 saturated heterocycles. The number of aliphatic hydroxyl groups is 1. The molecule has 1 heterocycles. The van der Waals surface area contributed by atoms with E-state index in [1.807, 2.05) is 49.4 Å². The average Bonchev–Trinajstić information content (AvgIpc) is 2.82. The number of benzene rings is 2. The summed E-state index contributed by atoms with van der Waals surface area (Å²) < 4.78 is 5.69. The largest absolute Gasteiger partial charge is 0.507 e. The standard InChI is InChI=1S/C28H29NO5/c1-20-9-5-6-12-22-13-7-15-24(30)27(22)28(33)34-23(19-25(20)31)14-8-18-29-26(32)17-16-21-10-3-2-4-11-21/h2-8,10-11,13,15,18,20,23,25,30-31H,9,12,14,19H2,1H3,(H,29,32)/b6-5-,18-8+/t20-,23-,25+/m0/s1. The molecule has 1 aliphatic rings. The van der Waals surface area contributed by atoms with Crippen molar-refractivity contribution in [2.75, 3.05) is 0 Å². The maximum atomic E-state index is 12.9. The van der Waals surface area contributed by atoms with E-state index in [9.17, 15) is 19.8 Å². The van der Waals surface area contributed by atoms with Gasteiger partial charge in [-0.2, -0.15) is 0 Å². The van der Waals surface area contributed by atoms with E-state index in [1.165, 1.54) is 12.3 Å². The number of fused-ring (bicyclic) bond motifs is 1. The quantitative estimate of drug-likeness (QED) is 0.368. The summed E-state index contributed by atoms with van der Waals surface area (Å²) >= 11 is 0. The van der Waals surface area contributed by atoms with Gasteiger partial charge in [-0.3, -0.25) is 4.79 Å². The molecule has 0 radical (unpaired) electrons. The van der Waals surface area contributed by atoms with Crippen LogP contribution in [0.2, 0.25) is 0 Å². The molecule has 2 aromatic carbocycles. The van der Waals surface area contributed by atoms with Crippen molar-refractivity contribution in [1.82, 2.24) is 5.32 Å². The normalized spacial score (nSPS) is 21.7. The Morgan fingerprint density at radius 2 is 1.97 bits per heavy atom. The molecule has 6 heteroatoms. The zero-order chi connectivity index (χ0) is 24.3. The zero-order valence-corrected chi connectivity index (χ0v) is 19.1. The van der Waals surface area contributed by atoms with Crippen molar-refractivity contribution in [2.45, 2.75) is 44.8 Å². The van der Waals surface area contributed by atoms with E-state index in [0.29, 0.717) is 18.4 Å². The SMILES string of the molecule is C[C@H]1C/C=C\Cc2cccc(O)c2C(=O)O[C@@H](C/C=C/NC(=O)C#Cc2ccccc2)C[C@H]1O. The number of rotatable bonds is 3. The predicted molar refractivity (Wildman–Crippen MR) is 130 cm³/mol. The molecule has 0 fully saturated rings. The first-order chi connectivity index (χ1) is 16.4. The molecule has 1 aliphatic heterocycles. The van der Waals surface area contributed by atoms with Gasteiger partial charge in [0.2, 0.25) is 0 Å². The van der Waals surface area contributed by atoms with Crippen LogP contribution in [0, 0.1) is 17.8 Å². The molecule has 0 aromatic heterocycles. The highest BCUT2D eigenvalue weighted by Gasteiger charge is 2.25. The van der Waals surface area contributed by atoms with Gasteiger partial charge >= 0.3 is 5.97 Å². The lowest BCUT2D eigenvalue weighted by Crippen LogP contribution is -2.28. The van der Waals surface area contributed by atoms with Gasteiger partial charge in [-0.1, -0.05) is 61.4 Å². The molecule has 2 aromatic rings. The minimum atomic E-state index is -0.676. The Hall–Kier alpha value is -3.82. The maximum Gasteiger partial charge on any atom is 0.342 e. The highest BCUT2D eigenvalue weighted by Crippen LogP contribution is 2.26. The highest BCUT2D eigenvalue weighted by atomic mass is 16.5. The molecule has 0 saturated carbocycles. The van der Waals surface area contributed by atoms with E-state index in [4.69, 9.17) is 4.74 Å². The number of allylic oxidation sites excluding steroid dienone is 2. The molecule has 0 bridgehead atoms. The molecule has 0 spiro atoms. The van der Waals surface area contributed by atoms with Crippen molar-refractivity contribution < 1.29 is 24.5 Å². The number of hydrogen-bond acceptors (Lipinski definition) is 5. The van der Waals surface area contributed by atoms with Gasteiger partial charge < -0.3 is 20.3 Å². The fourth-order valence-electron chi connectivity index (χ4n) is 3.62. The van der Waals surface area contributed by atoms with Crippen LogP contribution in [0.5, 0.6) is 5.75 Å². The van der Waals surface area contributed by atoms with Gasteiger partial charge in [-0.15, -0.1) is 0 Å². The van der Waals surface area contributed by atoms with Gasteiger partial charge in [0.15, 0.2) is 0 Å². The van der Waals surface area contributed by atoms with E-state index in [2.05, 4.69) is 17.2 Å². The Labute approximate surface area is 200 Å². The summed E-state index contributed by atoms with van der Waals surface area (Å²) in [6.07, 6.45) is 7.39. The Morgan fingerprint density at radius 1 is 1.18 bits per heavy atom. The molecule has 3 rings (SSSR count). The first kappa shape index (κ1) is 24.8. The van der Waals surface area contributed by atoms with E-state index < -0.39 is 24.1 Å². The van der Waals surface area contributed by atoms with E-state index >= 15 is 0 Å². The van der Waals surface area contributed by atoms with Crippen molar-refractivity contribution in [1.29, 1.82) is 0 Å². The van der Waals surface area contributed by atoms with Crippen molar-refractivity contribution in [2.24, 2.45) is 5.92 Å². The van der Waals surface area contributed by atoms with Crippen LogP contribution in [-0.4, -0.2) is 34.3 Å². The van der Waals surface area contributed by atoms with Crippen LogP contribution >= 0.6 is 0 Å². The number of hydrogen-bond donors (Lipinski definition) is 3. The summed E-state index contributed by atoms with van der Waals surface area (Å²) in [5.74, 6) is 4.03. The van der Waals surface area contributed by atoms with Crippen molar-refractivity contribution in [3.8, 4) is 17.6 Å². The molecule has 1 amide bonds. The Balaban J connectivity index is 1.68. The van der Waals surface area contributed by atoms with Gasteiger partial charge in [0.25, 0.3) is 5.91 Å². The van der Waals surface area contributed by atoms with Crippen LogP contribution in [0.15, 0.2) is 73.0 Å². The Morgan fingerprint density at radius 3 is 2.76 bits per heavy atom. The molecule has 0 unspecified atom stereocenters. The van der Waals surface area contributed by atoms with Crippen LogP contribution in [0.25, 0.3) is 0 Å². The van der Waals surface area contributed by atoms with Crippen LogP contribution in [0.3, 0.4) is 0 Å². The van der Waals surface area contributed by atoms with E-state index in [0.717, 1.165) is 5.56 Å². The second-order valence-electron chi connectivity index (χ2n) is 8.26. The summed E-state index contributed by atoms with van der Waals surface area (Å²) in [7, 11) is 0. The summed E-state index contributed by atoms with van der Waals surface area (Å²) in [6.45, 7) is 1.95. The molecule has 3 atom stereocenters. The Kier molecular flexibility index (Phi) is 9.07. The smallest absolute Gasteiger partial charge is 0.342 e. The number of cyclic esters (lactones) is 1. The lowest BCUT2D eigenvalue weighted by atomic mass is 9.93. The first-order valence-corrected chi connectivity index (χ1v) is 11.3. The van der Waals surface area contributed by atoms with Crippen LogP contribution in [0.4, 0.5) is 0 Å². The number of phenolic OH excluding ortho intramolecular Hbond substituents is 1. The average molecular weight is 460 g/mol. The maximum absolute atomic E-state index is 12.9. The topological polar surface area (TPSA) is 95.9 Å². The number of aliphatic hydroxyl groups excluding tert-OH is 1. The van der Waals surface area contributed by atoms with Crippen molar-refractivity contribution in [3.05, 3.63) is 89.6 Å². The van der Waals surface area contributed by atoms with Gasteiger partial charge in [0, 0.05) is 30.5 Å². The number of phenols is 1. The number of carbonyl (C=O) groups excluding carboxylic acids is 2. The second kappa shape index (κ2) is 12.4. The van der Waals surface area contributed by atoms with Crippen LogP contribution in [-0.2, 0) is 16.0 Å². The third-order valence-electron chi connectivity index (χ3n) is 5.61. The second-order valence-corrected chi connectivity index (χ2v) is 8.26. The fourth-order valence-corrected chi connectivity index (χ4v) is 3.62. The third kappa shape index (κ3) is 7.36.